The van der Waals surface area contributed by atoms with Crippen molar-refractivity contribution in [1.29, 1.82) is 0 Å². The molecule has 0 aliphatic rings. The summed E-state index contributed by atoms with van der Waals surface area (Å²) < 4.78 is 18.2. The van der Waals surface area contributed by atoms with Gasteiger partial charge in [-0.25, -0.2) is 4.39 Å². The highest BCUT2D eigenvalue weighted by atomic mass is 19.1. The maximum absolute atomic E-state index is 13.0. The fraction of sp³-hybridized carbons (Fsp3) is 0.429. The van der Waals surface area contributed by atoms with E-state index in [1.54, 1.807) is 12.1 Å². The minimum absolute atomic E-state index is 0.00488. The maximum atomic E-state index is 13.0. The molecule has 2 rings (SSSR count). The van der Waals surface area contributed by atoms with Crippen LogP contribution >= 0.6 is 0 Å². The fourth-order valence-corrected chi connectivity index (χ4v) is 1.78. The summed E-state index contributed by atoms with van der Waals surface area (Å²) in [5.41, 5.74) is 0.515. The van der Waals surface area contributed by atoms with Crippen molar-refractivity contribution in [1.82, 2.24) is 15.5 Å². The number of hydrogen-bond acceptors (Lipinski definition) is 4. The van der Waals surface area contributed by atoms with Gasteiger partial charge in [0.1, 0.15) is 5.82 Å². The monoisotopic (exact) mass is 263 g/mol. The third kappa shape index (κ3) is 2.66. The quantitative estimate of drug-likeness (QED) is 0.921. The Bertz CT molecular complexity index is 548. The third-order valence-electron chi connectivity index (χ3n) is 3.37. The van der Waals surface area contributed by atoms with Crippen LogP contribution in [0.15, 0.2) is 28.8 Å². The van der Waals surface area contributed by atoms with Gasteiger partial charge < -0.3 is 9.84 Å². The molecule has 5 heteroatoms. The van der Waals surface area contributed by atoms with Crippen LogP contribution in [0.5, 0.6) is 0 Å². The van der Waals surface area contributed by atoms with Gasteiger partial charge in [-0.05, 0) is 45.5 Å². The van der Waals surface area contributed by atoms with Crippen molar-refractivity contribution < 1.29 is 8.91 Å². The van der Waals surface area contributed by atoms with Crippen molar-refractivity contribution in [2.45, 2.75) is 32.2 Å². The van der Waals surface area contributed by atoms with Crippen molar-refractivity contribution in [2.75, 3.05) is 7.05 Å². The number of halogens is 1. The lowest BCUT2D eigenvalue weighted by molar-refractivity contribution is 0.339. The zero-order valence-electron chi connectivity index (χ0n) is 11.6. The van der Waals surface area contributed by atoms with Gasteiger partial charge in [0, 0.05) is 0 Å². The van der Waals surface area contributed by atoms with E-state index in [9.17, 15) is 4.39 Å². The molecule has 1 heterocycles. The Morgan fingerprint density at radius 3 is 2.47 bits per heavy atom. The molecule has 19 heavy (non-hydrogen) atoms. The lowest BCUT2D eigenvalue weighted by Gasteiger charge is -2.20. The third-order valence-corrected chi connectivity index (χ3v) is 3.37. The van der Waals surface area contributed by atoms with Crippen LogP contribution < -0.4 is 5.32 Å². The summed E-state index contributed by atoms with van der Waals surface area (Å²) in [6.07, 6.45) is 0. The molecule has 0 amide bonds. The molecule has 102 valence electrons. The van der Waals surface area contributed by atoms with Gasteiger partial charge in [0.25, 0.3) is 0 Å². The molecular weight excluding hydrogens is 245 g/mol. The summed E-state index contributed by atoms with van der Waals surface area (Å²) in [6.45, 7) is 5.92. The number of benzene rings is 1. The lowest BCUT2D eigenvalue weighted by Crippen LogP contribution is -2.21. The normalized spacial score (nSPS) is 13.5. The molecule has 1 aromatic carbocycles. The molecule has 1 N–H and O–H groups in total. The van der Waals surface area contributed by atoms with Crippen LogP contribution in [0.4, 0.5) is 4.39 Å². The summed E-state index contributed by atoms with van der Waals surface area (Å²) >= 11 is 0. The van der Waals surface area contributed by atoms with Crippen molar-refractivity contribution in [3.63, 3.8) is 0 Å². The van der Waals surface area contributed by atoms with Crippen molar-refractivity contribution in [3.8, 4) is 0 Å². The Morgan fingerprint density at radius 2 is 1.89 bits per heavy atom. The molecule has 1 aromatic heterocycles. The van der Waals surface area contributed by atoms with Crippen LogP contribution in [0.1, 0.15) is 44.1 Å². The van der Waals surface area contributed by atoms with Crippen LogP contribution in [0.3, 0.4) is 0 Å². The first-order valence-electron chi connectivity index (χ1n) is 6.22. The predicted molar refractivity (Wildman–Crippen MR) is 70.3 cm³/mol. The zero-order valence-corrected chi connectivity index (χ0v) is 11.6. The SMILES string of the molecule is CNC(C)c1nc(C(C)(C)c2ccc(F)cc2)no1. The van der Waals surface area contributed by atoms with Crippen LogP contribution in [0.2, 0.25) is 0 Å². The van der Waals surface area contributed by atoms with Gasteiger partial charge in [0.05, 0.1) is 11.5 Å². The average molecular weight is 263 g/mol. The van der Waals surface area contributed by atoms with E-state index in [0.717, 1.165) is 5.56 Å². The Kier molecular flexibility index (Phi) is 3.66. The van der Waals surface area contributed by atoms with E-state index < -0.39 is 5.41 Å². The Labute approximate surface area is 112 Å². The highest BCUT2D eigenvalue weighted by molar-refractivity contribution is 5.30. The van der Waals surface area contributed by atoms with Gasteiger partial charge in [0.2, 0.25) is 5.89 Å². The first-order chi connectivity index (χ1) is 8.95. The standard InChI is InChI=1S/C14H18FN3O/c1-9(16-4)12-17-13(18-19-12)14(2,3)10-5-7-11(15)8-6-10/h5-9,16H,1-4H3. The molecule has 0 saturated carbocycles. The van der Waals surface area contributed by atoms with E-state index in [2.05, 4.69) is 15.5 Å². The van der Waals surface area contributed by atoms with Gasteiger partial charge >= 0.3 is 0 Å². The van der Waals surface area contributed by atoms with Crippen molar-refractivity contribution in [3.05, 3.63) is 47.4 Å². The highest BCUT2D eigenvalue weighted by Crippen LogP contribution is 2.29. The Hall–Kier alpha value is -1.75. The first kappa shape index (κ1) is 13.7. The molecule has 0 bridgehead atoms. The molecule has 1 atom stereocenters. The number of nitrogens with one attached hydrogen (secondary N) is 1. The smallest absolute Gasteiger partial charge is 0.243 e. The topological polar surface area (TPSA) is 51.0 Å². The second kappa shape index (κ2) is 5.09. The van der Waals surface area contributed by atoms with Crippen LogP contribution in [0, 0.1) is 5.82 Å². The van der Waals surface area contributed by atoms with E-state index in [1.807, 2.05) is 27.8 Å². The molecule has 4 nitrogen and oxygen atoms in total. The van der Waals surface area contributed by atoms with Crippen LogP contribution in [-0.4, -0.2) is 17.2 Å². The molecule has 0 radical (unpaired) electrons. The Morgan fingerprint density at radius 1 is 1.26 bits per heavy atom. The molecule has 0 spiro atoms. The summed E-state index contributed by atoms with van der Waals surface area (Å²) in [7, 11) is 1.83. The van der Waals surface area contributed by atoms with Gasteiger partial charge in [-0.1, -0.05) is 17.3 Å². The predicted octanol–water partition coefficient (Wildman–Crippen LogP) is 2.82. The second-order valence-electron chi connectivity index (χ2n) is 5.10. The van der Waals surface area contributed by atoms with Crippen molar-refractivity contribution >= 4 is 0 Å². The molecular formula is C14H18FN3O. The van der Waals surface area contributed by atoms with Gasteiger partial charge in [-0.2, -0.15) is 4.98 Å². The van der Waals surface area contributed by atoms with E-state index in [4.69, 9.17) is 4.52 Å². The molecule has 0 saturated heterocycles. The van der Waals surface area contributed by atoms with Gasteiger partial charge in [-0.15, -0.1) is 0 Å². The lowest BCUT2D eigenvalue weighted by atomic mass is 9.84. The molecule has 0 aliphatic carbocycles. The summed E-state index contributed by atoms with van der Waals surface area (Å²) in [4.78, 5) is 4.42. The Balaban J connectivity index is 2.33. The fourth-order valence-electron chi connectivity index (χ4n) is 1.78. The van der Waals surface area contributed by atoms with E-state index >= 15 is 0 Å². The maximum Gasteiger partial charge on any atom is 0.243 e. The van der Waals surface area contributed by atoms with E-state index in [-0.39, 0.29) is 11.9 Å². The summed E-state index contributed by atoms with van der Waals surface area (Å²) in [5, 5.41) is 7.08. The molecule has 1 unspecified atom stereocenters. The van der Waals surface area contributed by atoms with Crippen LogP contribution in [-0.2, 0) is 5.41 Å². The van der Waals surface area contributed by atoms with Crippen LogP contribution in [0.25, 0.3) is 0 Å². The first-order valence-corrected chi connectivity index (χ1v) is 6.22. The minimum Gasteiger partial charge on any atom is -0.338 e. The van der Waals surface area contributed by atoms with Crippen molar-refractivity contribution in [2.24, 2.45) is 0 Å². The largest absolute Gasteiger partial charge is 0.338 e. The van der Waals surface area contributed by atoms with E-state index in [0.29, 0.717) is 11.7 Å². The number of rotatable bonds is 4. The summed E-state index contributed by atoms with van der Waals surface area (Å²) in [5.74, 6) is 0.890. The van der Waals surface area contributed by atoms with Gasteiger partial charge in [0.15, 0.2) is 5.82 Å². The number of aromatic nitrogens is 2. The molecule has 0 aliphatic heterocycles. The molecule has 0 fully saturated rings. The minimum atomic E-state index is -0.428. The number of nitrogens with zero attached hydrogens (tertiary/aromatic N) is 2. The highest BCUT2D eigenvalue weighted by Gasteiger charge is 2.29. The zero-order chi connectivity index (χ0) is 14.0. The number of hydrogen-bond donors (Lipinski definition) is 1. The summed E-state index contributed by atoms with van der Waals surface area (Å²) in [6, 6.07) is 6.37. The average Bonchev–Trinajstić information content (AvgIpc) is 2.88. The van der Waals surface area contributed by atoms with Gasteiger partial charge in [-0.3, -0.25) is 0 Å². The van der Waals surface area contributed by atoms with E-state index in [1.165, 1.54) is 12.1 Å². The molecule has 2 aromatic rings. The second-order valence-corrected chi connectivity index (χ2v) is 5.10.